The van der Waals surface area contributed by atoms with Gasteiger partial charge in [-0.3, -0.25) is 0 Å². The van der Waals surface area contributed by atoms with Crippen molar-refractivity contribution in [1.29, 1.82) is 0 Å². The van der Waals surface area contributed by atoms with E-state index in [2.05, 4.69) is 31.2 Å². The summed E-state index contributed by atoms with van der Waals surface area (Å²) in [5.74, 6) is 1.65. The van der Waals surface area contributed by atoms with E-state index in [-0.39, 0.29) is 13.2 Å². The van der Waals surface area contributed by atoms with Crippen molar-refractivity contribution in [2.24, 2.45) is 0 Å². The molecule has 0 spiro atoms. The number of para-hydroxylation sites is 1. The van der Waals surface area contributed by atoms with Crippen molar-refractivity contribution in [2.45, 2.75) is 24.5 Å². The van der Waals surface area contributed by atoms with Crippen molar-refractivity contribution in [3.05, 3.63) is 47.2 Å². The van der Waals surface area contributed by atoms with Gasteiger partial charge in [0, 0.05) is 15.9 Å². The third-order valence-electron chi connectivity index (χ3n) is 5.27. The SMILES string of the molecule is COc1cc2c(Nc3ccccc3Br)ncnc2cc1O[C@@H]1CO[C@@H]2C1OC[C@H]2F. The van der Waals surface area contributed by atoms with Crippen LogP contribution in [0.4, 0.5) is 15.9 Å². The molecular formula is C21H19BrFN3O4. The second-order valence-electron chi connectivity index (χ2n) is 7.12. The Bertz CT molecular complexity index is 1090. The number of alkyl halides is 1. The average molecular weight is 476 g/mol. The maximum absolute atomic E-state index is 13.8. The third kappa shape index (κ3) is 3.46. The Labute approximate surface area is 180 Å². The van der Waals surface area contributed by atoms with E-state index in [1.165, 1.54) is 6.33 Å². The number of halogens is 2. The van der Waals surface area contributed by atoms with Gasteiger partial charge in [0.05, 0.1) is 31.5 Å². The van der Waals surface area contributed by atoms with Gasteiger partial charge >= 0.3 is 0 Å². The molecule has 2 aliphatic rings. The molecule has 1 N–H and O–H groups in total. The zero-order valence-electron chi connectivity index (χ0n) is 16.0. The minimum absolute atomic E-state index is 0.0291. The lowest BCUT2D eigenvalue weighted by atomic mass is 10.1. The van der Waals surface area contributed by atoms with Crippen molar-refractivity contribution in [3.8, 4) is 11.5 Å². The number of rotatable bonds is 5. The van der Waals surface area contributed by atoms with E-state index in [1.807, 2.05) is 30.3 Å². The van der Waals surface area contributed by atoms with Gasteiger partial charge in [-0.05, 0) is 34.1 Å². The Morgan fingerprint density at radius 2 is 1.93 bits per heavy atom. The highest BCUT2D eigenvalue weighted by atomic mass is 79.9. The molecule has 3 aromatic rings. The van der Waals surface area contributed by atoms with Crippen LogP contribution in [0.3, 0.4) is 0 Å². The Hall–Kier alpha value is -2.49. The van der Waals surface area contributed by atoms with Crippen LogP contribution in [0.25, 0.3) is 10.9 Å². The van der Waals surface area contributed by atoms with Crippen LogP contribution in [-0.4, -0.2) is 54.8 Å². The Morgan fingerprint density at radius 1 is 1.10 bits per heavy atom. The number of aromatic nitrogens is 2. The number of nitrogens with one attached hydrogen (secondary N) is 1. The Morgan fingerprint density at radius 3 is 2.77 bits per heavy atom. The summed E-state index contributed by atoms with van der Waals surface area (Å²) in [7, 11) is 1.57. The summed E-state index contributed by atoms with van der Waals surface area (Å²) < 4.78 is 37.5. The van der Waals surface area contributed by atoms with Crippen LogP contribution >= 0.6 is 15.9 Å². The Balaban J connectivity index is 1.47. The van der Waals surface area contributed by atoms with E-state index < -0.39 is 24.5 Å². The summed E-state index contributed by atoms with van der Waals surface area (Å²) in [5.41, 5.74) is 1.56. The molecule has 0 saturated carbocycles. The summed E-state index contributed by atoms with van der Waals surface area (Å²) in [6.45, 7) is 0.289. The summed E-state index contributed by atoms with van der Waals surface area (Å²) in [6, 6.07) is 11.4. The predicted molar refractivity (Wildman–Crippen MR) is 112 cm³/mol. The van der Waals surface area contributed by atoms with E-state index in [4.69, 9.17) is 18.9 Å². The number of hydrogen-bond donors (Lipinski definition) is 1. The van der Waals surface area contributed by atoms with Gasteiger partial charge in [0.1, 0.15) is 24.4 Å². The van der Waals surface area contributed by atoms with E-state index in [0.29, 0.717) is 22.8 Å². The molecule has 30 heavy (non-hydrogen) atoms. The molecule has 0 aliphatic carbocycles. The molecule has 2 saturated heterocycles. The molecule has 2 aliphatic heterocycles. The largest absolute Gasteiger partial charge is 0.493 e. The first-order chi connectivity index (χ1) is 14.6. The van der Waals surface area contributed by atoms with Crippen LogP contribution < -0.4 is 14.8 Å². The lowest BCUT2D eigenvalue weighted by molar-refractivity contribution is 0.0271. The fourth-order valence-electron chi connectivity index (χ4n) is 3.79. The fourth-order valence-corrected chi connectivity index (χ4v) is 4.17. The molecule has 2 aromatic carbocycles. The van der Waals surface area contributed by atoms with Crippen LogP contribution in [0.5, 0.6) is 11.5 Å². The normalized spacial score (nSPS) is 25.3. The first-order valence-corrected chi connectivity index (χ1v) is 10.3. The second kappa shape index (κ2) is 7.98. The number of ether oxygens (including phenoxy) is 4. The van der Waals surface area contributed by atoms with Gasteiger partial charge in [-0.25, -0.2) is 14.4 Å². The number of benzene rings is 2. The van der Waals surface area contributed by atoms with Crippen molar-refractivity contribution in [3.63, 3.8) is 0 Å². The fraction of sp³-hybridized carbons (Fsp3) is 0.333. The van der Waals surface area contributed by atoms with Crippen molar-refractivity contribution >= 4 is 38.3 Å². The molecule has 0 bridgehead atoms. The average Bonchev–Trinajstić information content (AvgIpc) is 3.32. The minimum Gasteiger partial charge on any atom is -0.493 e. The van der Waals surface area contributed by atoms with E-state index in [1.54, 1.807) is 13.2 Å². The molecule has 4 atom stereocenters. The summed E-state index contributed by atoms with van der Waals surface area (Å²) in [6.07, 6.45) is -1.06. The van der Waals surface area contributed by atoms with Crippen molar-refractivity contribution < 1.29 is 23.3 Å². The highest BCUT2D eigenvalue weighted by Gasteiger charge is 2.49. The highest BCUT2D eigenvalue weighted by molar-refractivity contribution is 9.10. The predicted octanol–water partition coefficient (Wildman–Crippen LogP) is 4.03. The molecule has 0 amide bonds. The summed E-state index contributed by atoms with van der Waals surface area (Å²) >= 11 is 3.53. The van der Waals surface area contributed by atoms with Gasteiger partial charge in [0.25, 0.3) is 0 Å². The molecule has 9 heteroatoms. The quantitative estimate of drug-likeness (QED) is 0.596. The zero-order chi connectivity index (χ0) is 20.7. The first-order valence-electron chi connectivity index (χ1n) is 9.52. The number of methoxy groups -OCH3 is 1. The molecule has 2 fully saturated rings. The number of fused-ring (bicyclic) bond motifs is 2. The lowest BCUT2D eigenvalue weighted by Gasteiger charge is -2.20. The second-order valence-corrected chi connectivity index (χ2v) is 7.97. The summed E-state index contributed by atoms with van der Waals surface area (Å²) in [4.78, 5) is 8.76. The van der Waals surface area contributed by atoms with Crippen LogP contribution in [0.2, 0.25) is 0 Å². The van der Waals surface area contributed by atoms with Gasteiger partial charge in [-0.2, -0.15) is 0 Å². The smallest absolute Gasteiger partial charge is 0.164 e. The first kappa shape index (κ1) is 19.5. The minimum atomic E-state index is -1.12. The topological polar surface area (TPSA) is 74.7 Å². The van der Waals surface area contributed by atoms with Gasteiger partial charge < -0.3 is 24.3 Å². The molecule has 0 radical (unpaired) electrons. The number of nitrogens with zero attached hydrogens (tertiary/aromatic N) is 2. The molecule has 3 heterocycles. The van der Waals surface area contributed by atoms with Crippen molar-refractivity contribution in [2.75, 3.05) is 25.6 Å². The maximum atomic E-state index is 13.8. The molecule has 1 aromatic heterocycles. The van der Waals surface area contributed by atoms with E-state index in [0.717, 1.165) is 15.5 Å². The van der Waals surface area contributed by atoms with E-state index >= 15 is 0 Å². The third-order valence-corrected chi connectivity index (χ3v) is 5.97. The highest BCUT2D eigenvalue weighted by Crippen LogP contribution is 2.38. The van der Waals surface area contributed by atoms with Crippen molar-refractivity contribution in [1.82, 2.24) is 9.97 Å². The zero-order valence-corrected chi connectivity index (χ0v) is 17.6. The molecule has 156 valence electrons. The maximum Gasteiger partial charge on any atom is 0.164 e. The molecular weight excluding hydrogens is 457 g/mol. The van der Waals surface area contributed by atoms with Gasteiger partial charge in [-0.1, -0.05) is 12.1 Å². The van der Waals surface area contributed by atoms with Crippen LogP contribution in [0.1, 0.15) is 0 Å². The van der Waals surface area contributed by atoms with Gasteiger partial charge in [0.2, 0.25) is 0 Å². The van der Waals surface area contributed by atoms with Gasteiger partial charge in [-0.15, -0.1) is 0 Å². The van der Waals surface area contributed by atoms with Crippen LogP contribution in [0, 0.1) is 0 Å². The molecule has 1 unspecified atom stereocenters. The lowest BCUT2D eigenvalue weighted by Crippen LogP contribution is -2.33. The monoisotopic (exact) mass is 475 g/mol. The standard InChI is InChI=1S/C21H19BrFN3O4/c1-27-16-6-11-15(24-10-25-21(11)26-14-5-3-2-4-12(14)22)7-17(16)30-18-9-29-19-13(23)8-28-20(18)19/h2-7,10,13,18-20H,8-9H2,1H3,(H,24,25,26)/t13-,18-,19+,20?/m1/s1. The van der Waals surface area contributed by atoms with Crippen LogP contribution in [-0.2, 0) is 9.47 Å². The number of anilines is 2. The van der Waals surface area contributed by atoms with Gasteiger partial charge in [0.15, 0.2) is 23.8 Å². The number of hydrogen-bond acceptors (Lipinski definition) is 7. The van der Waals surface area contributed by atoms with Crippen LogP contribution in [0.15, 0.2) is 47.2 Å². The molecule has 7 nitrogen and oxygen atoms in total. The summed E-state index contributed by atoms with van der Waals surface area (Å²) in [5, 5.41) is 4.09. The Kier molecular flexibility index (Phi) is 5.18. The molecule has 5 rings (SSSR count). The van der Waals surface area contributed by atoms with E-state index in [9.17, 15) is 4.39 Å².